The van der Waals surface area contributed by atoms with Crippen molar-refractivity contribution in [2.45, 2.75) is 50.3 Å². The van der Waals surface area contributed by atoms with Crippen LogP contribution in [0.1, 0.15) is 25.7 Å². The van der Waals surface area contributed by atoms with Crippen molar-refractivity contribution < 1.29 is 22.3 Å². The number of aliphatic hydroxyl groups excluding tert-OH is 1. The van der Waals surface area contributed by atoms with Crippen molar-refractivity contribution in [3.05, 3.63) is 48.5 Å². The second-order valence-corrected chi connectivity index (χ2v) is 10.2. The Morgan fingerprint density at radius 1 is 1.13 bits per heavy atom. The number of nitrogens with zero attached hydrogens (tertiary/aromatic N) is 2. The Kier molecular flexibility index (Phi) is 5.59. The quantitative estimate of drug-likeness (QED) is 0.636. The molecule has 1 aliphatic rings. The fourth-order valence-electron chi connectivity index (χ4n) is 4.62. The average molecular weight is 437 g/mol. The number of benzene rings is 2. The number of para-hydroxylation sites is 2. The summed E-state index contributed by atoms with van der Waals surface area (Å²) in [5, 5.41) is 12.9. The summed E-state index contributed by atoms with van der Waals surface area (Å²) in [5.74, 6) is -2.87. The number of aromatic nitrogens is 1. The summed E-state index contributed by atoms with van der Waals surface area (Å²) in [4.78, 5) is 0. The maximum absolute atomic E-state index is 13.9. The molecule has 0 radical (unpaired) electrons. The van der Waals surface area contributed by atoms with E-state index in [0.29, 0.717) is 6.42 Å². The van der Waals surface area contributed by atoms with Crippen LogP contribution in [0.3, 0.4) is 0 Å². The van der Waals surface area contributed by atoms with Gasteiger partial charge in [0.15, 0.2) is 0 Å². The third kappa shape index (κ3) is 4.22. The predicted octanol–water partition coefficient (Wildman–Crippen LogP) is 3.99. The van der Waals surface area contributed by atoms with Crippen LogP contribution in [0.5, 0.6) is 0 Å². The Balaban J connectivity index is 1.62. The molecule has 2 atom stereocenters. The van der Waals surface area contributed by atoms with Gasteiger partial charge in [-0.15, -0.1) is 0 Å². The van der Waals surface area contributed by atoms with E-state index in [0.717, 1.165) is 32.4 Å². The molecule has 2 aromatic carbocycles. The molecule has 0 spiro atoms. The van der Waals surface area contributed by atoms with E-state index in [1.54, 1.807) is 0 Å². The van der Waals surface area contributed by atoms with E-state index < -0.39 is 34.5 Å². The van der Waals surface area contributed by atoms with Crippen molar-refractivity contribution in [1.29, 1.82) is 0 Å². The van der Waals surface area contributed by atoms with Gasteiger partial charge in [-0.2, -0.15) is 4.31 Å². The Labute approximate surface area is 175 Å². The summed E-state index contributed by atoms with van der Waals surface area (Å²) in [7, 11) is -3.74. The van der Waals surface area contributed by atoms with Crippen LogP contribution in [0.4, 0.5) is 8.78 Å². The minimum Gasteiger partial charge on any atom is -0.390 e. The molecule has 1 heterocycles. The molecule has 5 nitrogen and oxygen atoms in total. The van der Waals surface area contributed by atoms with E-state index in [9.17, 15) is 22.3 Å². The smallest absolute Gasteiger partial charge is 0.249 e. The van der Waals surface area contributed by atoms with Gasteiger partial charge in [0.25, 0.3) is 0 Å². The van der Waals surface area contributed by atoms with Crippen LogP contribution in [0.25, 0.3) is 21.8 Å². The van der Waals surface area contributed by atoms with E-state index in [2.05, 4.69) is 0 Å². The van der Waals surface area contributed by atoms with E-state index in [-0.39, 0.29) is 25.9 Å². The lowest BCUT2D eigenvalue weighted by molar-refractivity contribution is -0.0561. The number of hydrogen-bond acceptors (Lipinski definition) is 3. The number of sulfonamides is 1. The minimum absolute atomic E-state index is 0.170. The normalized spacial score (nSPS) is 20.8. The monoisotopic (exact) mass is 436 g/mol. The molecule has 1 N–H and O–H groups in total. The second-order valence-electron chi connectivity index (χ2n) is 8.24. The van der Waals surface area contributed by atoms with Crippen LogP contribution in [-0.4, -0.2) is 53.3 Å². The van der Waals surface area contributed by atoms with Crippen LogP contribution in [0.15, 0.2) is 48.5 Å². The van der Waals surface area contributed by atoms with Crippen molar-refractivity contribution in [3.63, 3.8) is 0 Å². The molecule has 1 saturated carbocycles. The molecule has 30 heavy (non-hydrogen) atoms. The first kappa shape index (κ1) is 21.2. The highest BCUT2D eigenvalue weighted by atomic mass is 32.2. The van der Waals surface area contributed by atoms with Gasteiger partial charge in [0.1, 0.15) is 0 Å². The summed E-state index contributed by atoms with van der Waals surface area (Å²) < 4.78 is 55.6. The van der Waals surface area contributed by atoms with E-state index >= 15 is 0 Å². The molecular weight excluding hydrogens is 410 g/mol. The molecule has 3 aromatic rings. The molecule has 8 heteroatoms. The lowest BCUT2D eigenvalue weighted by atomic mass is 9.92. The highest BCUT2D eigenvalue weighted by Crippen LogP contribution is 2.36. The molecule has 4 rings (SSSR count). The first-order valence-corrected chi connectivity index (χ1v) is 12.0. The van der Waals surface area contributed by atoms with Crippen molar-refractivity contribution in [3.8, 4) is 0 Å². The number of rotatable bonds is 6. The minimum atomic E-state index is -3.74. The fourth-order valence-corrected chi connectivity index (χ4v) is 5.79. The first-order valence-electron chi connectivity index (χ1n) is 10.1. The van der Waals surface area contributed by atoms with Crippen molar-refractivity contribution in [2.24, 2.45) is 0 Å². The maximum atomic E-state index is 13.9. The van der Waals surface area contributed by atoms with Gasteiger partial charge in [-0.1, -0.05) is 36.4 Å². The Bertz CT molecular complexity index is 1110. The maximum Gasteiger partial charge on any atom is 0.249 e. The molecule has 162 valence electrons. The molecule has 1 aliphatic carbocycles. The van der Waals surface area contributed by atoms with Crippen LogP contribution in [0.2, 0.25) is 0 Å². The van der Waals surface area contributed by atoms with Crippen molar-refractivity contribution >= 4 is 31.8 Å². The number of alkyl halides is 2. The molecule has 1 aromatic heterocycles. The molecule has 2 unspecified atom stereocenters. The van der Waals surface area contributed by atoms with Gasteiger partial charge < -0.3 is 9.67 Å². The average Bonchev–Trinajstić information content (AvgIpc) is 2.99. The van der Waals surface area contributed by atoms with Gasteiger partial charge in [-0.3, -0.25) is 0 Å². The van der Waals surface area contributed by atoms with Gasteiger partial charge in [-0.05, 0) is 25.0 Å². The zero-order valence-corrected chi connectivity index (χ0v) is 17.7. The topological polar surface area (TPSA) is 62.5 Å². The van der Waals surface area contributed by atoms with Crippen LogP contribution < -0.4 is 0 Å². The zero-order valence-electron chi connectivity index (χ0n) is 16.8. The molecule has 0 aliphatic heterocycles. The molecule has 0 bridgehead atoms. The van der Waals surface area contributed by atoms with Crippen LogP contribution in [0, 0.1) is 0 Å². The van der Waals surface area contributed by atoms with Gasteiger partial charge in [-0.25, -0.2) is 17.2 Å². The number of fused-ring (bicyclic) bond motifs is 3. The van der Waals surface area contributed by atoms with Gasteiger partial charge in [0, 0.05) is 47.2 Å². The van der Waals surface area contributed by atoms with Gasteiger partial charge in [0.2, 0.25) is 15.9 Å². The number of halogens is 2. The molecule has 1 fully saturated rings. The second kappa shape index (κ2) is 7.90. The Morgan fingerprint density at radius 3 is 2.23 bits per heavy atom. The fraction of sp³-hybridized carbons (Fsp3) is 0.455. The van der Waals surface area contributed by atoms with Crippen LogP contribution >= 0.6 is 0 Å². The van der Waals surface area contributed by atoms with Gasteiger partial charge >= 0.3 is 0 Å². The Morgan fingerprint density at radius 2 is 1.70 bits per heavy atom. The van der Waals surface area contributed by atoms with Gasteiger partial charge in [0.05, 0.1) is 18.9 Å². The number of aliphatic hydroxyl groups is 1. The molecular formula is C22H26F2N2O3S. The summed E-state index contributed by atoms with van der Waals surface area (Å²) in [5.41, 5.74) is 1.88. The Hall–Kier alpha value is -2.03. The predicted molar refractivity (Wildman–Crippen MR) is 114 cm³/mol. The van der Waals surface area contributed by atoms with Crippen LogP contribution in [-0.2, 0) is 16.6 Å². The third-order valence-corrected chi connectivity index (χ3v) is 7.21. The molecule has 0 amide bonds. The highest BCUT2D eigenvalue weighted by Gasteiger charge is 2.41. The SMILES string of the molecule is CS(=O)(=O)N(CC(O)Cn1c2ccccc2c2ccccc21)C1CCCC(F)(F)C1. The van der Waals surface area contributed by atoms with E-state index in [4.69, 9.17) is 0 Å². The molecule has 0 saturated heterocycles. The standard InChI is InChI=1S/C22H26F2N2O3S/c1-30(28,29)26(16-7-6-12-22(23,24)13-16)15-17(27)14-25-20-10-4-2-8-18(20)19-9-3-5-11-21(19)25/h2-5,8-11,16-17,27H,6-7,12-15H2,1H3. The van der Waals surface area contributed by atoms with Crippen molar-refractivity contribution in [2.75, 3.05) is 12.8 Å². The lowest BCUT2D eigenvalue weighted by Gasteiger charge is -2.36. The van der Waals surface area contributed by atoms with E-state index in [1.807, 2.05) is 53.1 Å². The highest BCUT2D eigenvalue weighted by molar-refractivity contribution is 7.88. The van der Waals surface area contributed by atoms with E-state index in [1.165, 1.54) is 0 Å². The summed E-state index contributed by atoms with van der Waals surface area (Å²) in [6.07, 6.45) is -0.0770. The lowest BCUT2D eigenvalue weighted by Crippen LogP contribution is -2.48. The largest absolute Gasteiger partial charge is 0.390 e. The zero-order chi connectivity index (χ0) is 21.5. The number of hydrogen-bond donors (Lipinski definition) is 1. The summed E-state index contributed by atoms with van der Waals surface area (Å²) in [6, 6.07) is 14.9. The summed E-state index contributed by atoms with van der Waals surface area (Å²) in [6.45, 7) is -0.0381. The summed E-state index contributed by atoms with van der Waals surface area (Å²) >= 11 is 0. The third-order valence-electron chi connectivity index (χ3n) is 5.91. The van der Waals surface area contributed by atoms with Crippen molar-refractivity contribution in [1.82, 2.24) is 8.87 Å². The first-order chi connectivity index (χ1) is 14.2.